The zero-order valence-electron chi connectivity index (χ0n) is 19.3. The minimum Gasteiger partial charge on any atom is -0.355 e. The Labute approximate surface area is 197 Å². The van der Waals surface area contributed by atoms with E-state index in [0.717, 1.165) is 58.8 Å². The fourth-order valence-corrected chi connectivity index (χ4v) is 4.91. The molecule has 1 N–H and O–H groups in total. The van der Waals surface area contributed by atoms with Crippen LogP contribution >= 0.6 is 11.3 Å². The molecule has 0 aliphatic rings. The van der Waals surface area contributed by atoms with Gasteiger partial charge in [0.05, 0.1) is 10.2 Å². The van der Waals surface area contributed by atoms with Gasteiger partial charge in [-0.15, -0.1) is 5.10 Å². The Hall–Kier alpha value is -3.10. The van der Waals surface area contributed by atoms with Gasteiger partial charge in [-0.1, -0.05) is 37.3 Å². The molecule has 2 aromatic heterocycles. The van der Waals surface area contributed by atoms with Gasteiger partial charge in [-0.2, -0.15) is 4.98 Å². The molecule has 2 heterocycles. The number of aromatic nitrogens is 3. The predicted molar refractivity (Wildman–Crippen MR) is 133 cm³/mol. The van der Waals surface area contributed by atoms with Gasteiger partial charge >= 0.3 is 0 Å². The summed E-state index contributed by atoms with van der Waals surface area (Å²) in [5.74, 6) is 0.674. The molecule has 0 atom stereocenters. The van der Waals surface area contributed by atoms with Crippen LogP contribution in [0.2, 0.25) is 0 Å². The number of Topliss-reactive ketones (excluding diaryl/α,β-unsaturated/α-hetero) is 1. The third kappa shape index (κ3) is 4.96. The Morgan fingerprint density at radius 3 is 2.45 bits per heavy atom. The Morgan fingerprint density at radius 2 is 1.76 bits per heavy atom. The standard InChI is InChI=1S/C25H29N5O2S/c1-4-29(5-2)15-7-6-8-21(31)19-13-14-20-22(16-19)33-25-27-23(28-30(20)25)17-9-11-18(12-10-17)24(32)26-3/h9-14,16H,4-8,15H2,1-3H3,(H,26,32). The van der Waals surface area contributed by atoms with E-state index in [0.29, 0.717) is 17.8 Å². The first-order valence-electron chi connectivity index (χ1n) is 11.4. The van der Waals surface area contributed by atoms with Crippen LogP contribution in [0, 0.1) is 0 Å². The molecule has 0 saturated heterocycles. The quantitative estimate of drug-likeness (QED) is 0.273. The van der Waals surface area contributed by atoms with Crippen LogP contribution < -0.4 is 5.32 Å². The highest BCUT2D eigenvalue weighted by Crippen LogP contribution is 2.29. The first kappa shape index (κ1) is 23.1. The molecule has 0 unspecified atom stereocenters. The summed E-state index contributed by atoms with van der Waals surface area (Å²) >= 11 is 1.52. The summed E-state index contributed by atoms with van der Waals surface area (Å²) in [6.07, 6.45) is 2.52. The van der Waals surface area contributed by atoms with Gasteiger partial charge in [0.1, 0.15) is 0 Å². The molecule has 0 spiro atoms. The molecule has 7 nitrogen and oxygen atoms in total. The number of hydrogen-bond donors (Lipinski definition) is 1. The molecule has 4 aromatic rings. The van der Waals surface area contributed by atoms with Gasteiger partial charge in [-0.3, -0.25) is 9.59 Å². The molecule has 4 rings (SSSR count). The third-order valence-corrected chi connectivity index (χ3v) is 6.94. The van der Waals surface area contributed by atoms with E-state index in [2.05, 4.69) is 34.1 Å². The minimum absolute atomic E-state index is 0.124. The van der Waals surface area contributed by atoms with Crippen LogP contribution in [0.4, 0.5) is 0 Å². The molecule has 0 radical (unpaired) electrons. The highest BCUT2D eigenvalue weighted by Gasteiger charge is 2.15. The maximum atomic E-state index is 12.7. The largest absolute Gasteiger partial charge is 0.355 e. The Kier molecular flexibility index (Phi) is 7.15. The van der Waals surface area contributed by atoms with Crippen molar-refractivity contribution in [3.8, 4) is 11.4 Å². The second-order valence-corrected chi connectivity index (χ2v) is 8.99. The summed E-state index contributed by atoms with van der Waals surface area (Å²) in [4.78, 5) is 32.2. The summed E-state index contributed by atoms with van der Waals surface area (Å²) in [6.45, 7) is 7.49. The van der Waals surface area contributed by atoms with E-state index in [1.54, 1.807) is 19.2 Å². The molecular weight excluding hydrogens is 434 g/mol. The maximum absolute atomic E-state index is 12.7. The average molecular weight is 464 g/mol. The fraction of sp³-hybridized carbons (Fsp3) is 0.360. The number of hydrogen-bond acceptors (Lipinski definition) is 6. The first-order valence-corrected chi connectivity index (χ1v) is 12.2. The molecule has 0 fully saturated rings. The average Bonchev–Trinajstić information content (AvgIpc) is 3.41. The number of amides is 1. The minimum atomic E-state index is -0.124. The topological polar surface area (TPSA) is 79.6 Å². The molecule has 1 amide bonds. The SMILES string of the molecule is CCN(CC)CCCCC(=O)c1ccc2c(c1)sc1nc(-c3ccc(C(=O)NC)cc3)nn12. The molecule has 0 aliphatic carbocycles. The summed E-state index contributed by atoms with van der Waals surface area (Å²) in [6, 6.07) is 13.0. The Bertz CT molecular complexity index is 1270. The molecule has 33 heavy (non-hydrogen) atoms. The van der Waals surface area contributed by atoms with Crippen molar-refractivity contribution < 1.29 is 9.59 Å². The van der Waals surface area contributed by atoms with Gasteiger partial charge in [-0.05, 0) is 62.8 Å². The maximum Gasteiger partial charge on any atom is 0.251 e. The van der Waals surface area contributed by atoms with Gasteiger partial charge in [0, 0.05) is 30.2 Å². The summed E-state index contributed by atoms with van der Waals surface area (Å²) < 4.78 is 2.82. The molecule has 2 aromatic carbocycles. The first-order chi connectivity index (χ1) is 16.0. The lowest BCUT2D eigenvalue weighted by Crippen LogP contribution is -2.24. The summed E-state index contributed by atoms with van der Waals surface area (Å²) in [5, 5.41) is 7.27. The number of carbonyl (C=O) groups is 2. The Balaban J connectivity index is 1.47. The van der Waals surface area contributed by atoms with Gasteiger partial charge < -0.3 is 10.2 Å². The van der Waals surface area contributed by atoms with Gasteiger partial charge in [0.2, 0.25) is 4.96 Å². The highest BCUT2D eigenvalue weighted by atomic mass is 32.1. The summed E-state index contributed by atoms with van der Waals surface area (Å²) in [7, 11) is 1.61. The smallest absolute Gasteiger partial charge is 0.251 e. The molecule has 0 bridgehead atoms. The number of benzene rings is 2. The zero-order chi connectivity index (χ0) is 23.4. The number of rotatable bonds is 10. The van der Waals surface area contributed by atoms with Crippen molar-refractivity contribution in [2.24, 2.45) is 0 Å². The number of nitrogens with one attached hydrogen (secondary N) is 1. The number of nitrogens with zero attached hydrogens (tertiary/aromatic N) is 4. The molecule has 8 heteroatoms. The van der Waals surface area contributed by atoms with Crippen molar-refractivity contribution in [1.29, 1.82) is 0 Å². The van der Waals surface area contributed by atoms with E-state index < -0.39 is 0 Å². The van der Waals surface area contributed by atoms with Crippen molar-refractivity contribution in [2.45, 2.75) is 33.1 Å². The number of fused-ring (bicyclic) bond motifs is 3. The second kappa shape index (κ2) is 10.2. The summed E-state index contributed by atoms with van der Waals surface area (Å²) in [5.41, 5.74) is 3.13. The lowest BCUT2D eigenvalue weighted by Gasteiger charge is -2.17. The van der Waals surface area contributed by atoms with Crippen molar-refractivity contribution in [3.63, 3.8) is 0 Å². The van der Waals surface area contributed by atoms with Crippen molar-refractivity contribution in [2.75, 3.05) is 26.7 Å². The highest BCUT2D eigenvalue weighted by molar-refractivity contribution is 7.23. The Morgan fingerprint density at radius 1 is 1.03 bits per heavy atom. The van der Waals surface area contributed by atoms with E-state index in [9.17, 15) is 9.59 Å². The van der Waals surface area contributed by atoms with Gasteiger partial charge in [0.25, 0.3) is 5.91 Å². The monoisotopic (exact) mass is 463 g/mol. The van der Waals surface area contributed by atoms with Crippen LogP contribution in [0.1, 0.15) is 53.8 Å². The lowest BCUT2D eigenvalue weighted by molar-refractivity contribution is 0.0959. The van der Waals surface area contributed by atoms with Crippen molar-refractivity contribution in [3.05, 3.63) is 53.6 Å². The van der Waals surface area contributed by atoms with Crippen LogP contribution in [0.5, 0.6) is 0 Å². The molecule has 0 aliphatic heterocycles. The van der Waals surface area contributed by atoms with E-state index in [4.69, 9.17) is 0 Å². The van der Waals surface area contributed by atoms with Gasteiger partial charge in [0.15, 0.2) is 11.6 Å². The van der Waals surface area contributed by atoms with Crippen molar-refractivity contribution >= 4 is 38.2 Å². The van der Waals surface area contributed by atoms with Crippen molar-refractivity contribution in [1.82, 2.24) is 24.8 Å². The molecular formula is C25H29N5O2S. The van der Waals surface area contributed by atoms with Crippen LogP contribution in [0.25, 0.3) is 26.6 Å². The fourth-order valence-electron chi connectivity index (χ4n) is 3.91. The van der Waals surface area contributed by atoms with E-state index in [-0.39, 0.29) is 11.7 Å². The van der Waals surface area contributed by atoms with E-state index in [1.165, 1.54) is 11.3 Å². The number of unbranched alkanes of at least 4 members (excludes halogenated alkanes) is 1. The second-order valence-electron chi connectivity index (χ2n) is 7.98. The van der Waals surface area contributed by atoms with Gasteiger partial charge in [-0.25, -0.2) is 4.52 Å². The number of ketones is 1. The van der Waals surface area contributed by atoms with Crippen LogP contribution in [-0.2, 0) is 0 Å². The van der Waals surface area contributed by atoms with E-state index in [1.807, 2.05) is 34.8 Å². The normalized spacial score (nSPS) is 11.5. The van der Waals surface area contributed by atoms with Crippen LogP contribution in [0.15, 0.2) is 42.5 Å². The van der Waals surface area contributed by atoms with Crippen LogP contribution in [-0.4, -0.2) is 57.9 Å². The van der Waals surface area contributed by atoms with Crippen LogP contribution in [0.3, 0.4) is 0 Å². The number of carbonyl (C=O) groups excluding carboxylic acids is 2. The molecule has 0 saturated carbocycles. The lowest BCUT2D eigenvalue weighted by atomic mass is 10.1. The zero-order valence-corrected chi connectivity index (χ0v) is 20.1. The molecule has 172 valence electrons. The predicted octanol–water partition coefficient (Wildman–Crippen LogP) is 4.67. The third-order valence-electron chi connectivity index (χ3n) is 5.94. The number of thiazole rings is 1. The van der Waals surface area contributed by atoms with E-state index >= 15 is 0 Å².